The van der Waals surface area contributed by atoms with Gasteiger partial charge in [-0.15, -0.1) is 0 Å². The van der Waals surface area contributed by atoms with Gasteiger partial charge in [0.15, 0.2) is 0 Å². The van der Waals surface area contributed by atoms with Crippen molar-refractivity contribution in [1.82, 2.24) is 0 Å². The molecule has 4 heteroatoms. The van der Waals surface area contributed by atoms with Crippen LogP contribution in [0.15, 0.2) is 0 Å². The molecule has 0 saturated heterocycles. The largest absolute Gasteiger partial charge is 0.870 e. The van der Waals surface area contributed by atoms with Crippen LogP contribution in [0.1, 0.15) is 6.92 Å². The van der Waals surface area contributed by atoms with Crippen molar-refractivity contribution in [3.8, 4) is 0 Å². The van der Waals surface area contributed by atoms with E-state index in [0.29, 0.717) is 0 Å². The Morgan fingerprint density at radius 1 is 1.67 bits per heavy atom. The Balaban J connectivity index is -0.0000000450. The van der Waals surface area contributed by atoms with Gasteiger partial charge in [0, 0.05) is 31.8 Å². The molecular formula is C2H4InO3-2. The van der Waals surface area contributed by atoms with Gasteiger partial charge in [-0.05, 0) is 6.92 Å². The van der Waals surface area contributed by atoms with Gasteiger partial charge in [-0.3, -0.25) is 0 Å². The molecule has 0 spiro atoms. The van der Waals surface area contributed by atoms with Gasteiger partial charge in [0.25, 0.3) is 0 Å². The second-order valence-electron chi connectivity index (χ2n) is 0.492. The first-order valence-electron chi connectivity index (χ1n) is 0.908. The Bertz CT molecular complexity index is 31.8. The molecule has 6 heavy (non-hydrogen) atoms. The molecule has 0 aromatic carbocycles. The summed E-state index contributed by atoms with van der Waals surface area (Å²) in [5.74, 6) is -1.08. The predicted octanol–water partition coefficient (Wildman–Crippen LogP) is -1.80. The first kappa shape index (κ1) is 16.3. The van der Waals surface area contributed by atoms with Crippen LogP contribution >= 0.6 is 0 Å². The Morgan fingerprint density at radius 2 is 1.67 bits per heavy atom. The predicted molar refractivity (Wildman–Crippen MR) is 18.4 cm³/mol. The summed E-state index contributed by atoms with van der Waals surface area (Å²) in [4.78, 5) is 8.89. The summed E-state index contributed by atoms with van der Waals surface area (Å²) in [5.41, 5.74) is 0. The van der Waals surface area contributed by atoms with Crippen LogP contribution in [-0.2, 0) is 4.79 Å². The van der Waals surface area contributed by atoms with E-state index in [9.17, 15) is 0 Å². The van der Waals surface area contributed by atoms with Crippen LogP contribution in [-0.4, -0.2) is 37.3 Å². The van der Waals surface area contributed by atoms with Crippen LogP contribution in [0.5, 0.6) is 0 Å². The molecule has 35 valence electrons. The summed E-state index contributed by atoms with van der Waals surface area (Å²) < 4.78 is 0. The fraction of sp³-hybridized carbons (Fsp3) is 0.500. The number of carbonyl (C=O) groups excluding carboxylic acids is 1. The molecule has 0 bridgehead atoms. The summed E-state index contributed by atoms with van der Waals surface area (Å²) in [6.45, 7) is 0.972. The molecule has 0 aliphatic carbocycles. The molecule has 0 aromatic heterocycles. The van der Waals surface area contributed by atoms with E-state index in [2.05, 4.69) is 0 Å². The molecule has 0 heterocycles. The van der Waals surface area contributed by atoms with Crippen molar-refractivity contribution in [2.45, 2.75) is 6.92 Å². The zero-order valence-electron chi connectivity index (χ0n) is 3.34. The van der Waals surface area contributed by atoms with Crippen LogP contribution in [0.3, 0.4) is 0 Å². The average molecular weight is 191 g/mol. The van der Waals surface area contributed by atoms with E-state index in [-0.39, 0.29) is 31.3 Å². The zero-order chi connectivity index (χ0) is 3.58. The number of rotatable bonds is 0. The third kappa shape index (κ3) is 520. The van der Waals surface area contributed by atoms with Gasteiger partial charge in [-0.1, -0.05) is 0 Å². The molecule has 3 radical (unpaired) electrons. The molecule has 1 N–H and O–H groups in total. The number of aliphatic carboxylic acids is 1. The first-order valence-corrected chi connectivity index (χ1v) is 0.908. The van der Waals surface area contributed by atoms with E-state index in [0.717, 1.165) is 6.92 Å². The summed E-state index contributed by atoms with van der Waals surface area (Å²) in [6.07, 6.45) is 0. The Morgan fingerprint density at radius 3 is 1.67 bits per heavy atom. The van der Waals surface area contributed by atoms with E-state index >= 15 is 0 Å². The second-order valence-corrected chi connectivity index (χ2v) is 0.492. The number of hydrogen-bond acceptors (Lipinski definition) is 3. The van der Waals surface area contributed by atoms with Gasteiger partial charge >= 0.3 is 0 Å². The van der Waals surface area contributed by atoms with E-state index in [1.54, 1.807) is 0 Å². The molecular weight excluding hydrogens is 187 g/mol. The van der Waals surface area contributed by atoms with Crippen molar-refractivity contribution in [3.63, 3.8) is 0 Å². The maximum atomic E-state index is 8.89. The topological polar surface area (TPSA) is 70.1 Å². The number of hydrogen-bond donors (Lipinski definition) is 0. The van der Waals surface area contributed by atoms with Gasteiger partial charge in [-0.25, -0.2) is 0 Å². The smallest absolute Gasteiger partial charge is 0.0383 e. The fourth-order valence-corrected chi connectivity index (χ4v) is 0. The van der Waals surface area contributed by atoms with E-state index in [1.807, 2.05) is 0 Å². The molecule has 0 aliphatic rings. The molecule has 3 nitrogen and oxygen atoms in total. The number of carboxylic acids is 1. The molecule has 0 amide bonds. The van der Waals surface area contributed by atoms with Gasteiger partial charge < -0.3 is 15.4 Å². The van der Waals surface area contributed by atoms with Gasteiger partial charge in [0.1, 0.15) is 0 Å². The molecule has 0 rings (SSSR count). The van der Waals surface area contributed by atoms with Crippen molar-refractivity contribution in [2.24, 2.45) is 0 Å². The van der Waals surface area contributed by atoms with Crippen molar-refractivity contribution in [1.29, 1.82) is 0 Å². The van der Waals surface area contributed by atoms with E-state index < -0.39 is 5.97 Å². The molecule has 0 atom stereocenters. The molecule has 0 unspecified atom stereocenters. The third-order valence-electron chi connectivity index (χ3n) is 0. The first-order chi connectivity index (χ1) is 1.73. The Hall–Kier alpha value is 0.300. The summed E-state index contributed by atoms with van der Waals surface area (Å²) in [7, 11) is 0. The quantitative estimate of drug-likeness (QED) is 0.453. The van der Waals surface area contributed by atoms with Crippen LogP contribution in [0.25, 0.3) is 0 Å². The summed E-state index contributed by atoms with van der Waals surface area (Å²) >= 11 is 0. The second kappa shape index (κ2) is 9.00. The van der Waals surface area contributed by atoms with Gasteiger partial charge in [-0.2, -0.15) is 0 Å². The fourth-order valence-electron chi connectivity index (χ4n) is 0. The SMILES string of the molecule is CC(=O)[O-].[In].[OH-]. The van der Waals surface area contributed by atoms with Crippen molar-refractivity contribution >= 4 is 31.8 Å². The third-order valence-corrected chi connectivity index (χ3v) is 0. The van der Waals surface area contributed by atoms with Crippen LogP contribution in [0.2, 0.25) is 0 Å². The average Bonchev–Trinajstić information content (AvgIpc) is 0.811. The number of carbonyl (C=O) groups is 1. The minimum Gasteiger partial charge on any atom is -0.870 e. The van der Waals surface area contributed by atoms with Crippen LogP contribution in [0, 0.1) is 0 Å². The minimum absolute atomic E-state index is 0. The van der Waals surface area contributed by atoms with Gasteiger partial charge in [0.05, 0.1) is 0 Å². The monoisotopic (exact) mass is 191 g/mol. The van der Waals surface area contributed by atoms with E-state index in [1.165, 1.54) is 0 Å². The van der Waals surface area contributed by atoms with Crippen LogP contribution < -0.4 is 5.11 Å². The Labute approximate surface area is 54.4 Å². The normalized spacial score (nSPS) is 4.17. The van der Waals surface area contributed by atoms with Crippen molar-refractivity contribution in [2.75, 3.05) is 0 Å². The minimum atomic E-state index is -1.08. The zero-order valence-corrected chi connectivity index (χ0v) is 6.64. The van der Waals surface area contributed by atoms with E-state index in [4.69, 9.17) is 9.90 Å². The van der Waals surface area contributed by atoms with Crippen molar-refractivity contribution in [3.05, 3.63) is 0 Å². The molecule has 0 aliphatic heterocycles. The number of carboxylic acid groups (broad SMARTS) is 1. The summed E-state index contributed by atoms with van der Waals surface area (Å²) in [6, 6.07) is 0. The molecule has 0 fully saturated rings. The standard InChI is InChI=1S/C2H4O2.In.H2O/c1-2(3)4;;/h1H3,(H,3,4);;1H2/p-2. The van der Waals surface area contributed by atoms with Crippen molar-refractivity contribution < 1.29 is 15.4 Å². The van der Waals surface area contributed by atoms with Crippen LogP contribution in [0.4, 0.5) is 0 Å². The summed E-state index contributed by atoms with van der Waals surface area (Å²) in [5, 5.41) is 8.89. The van der Waals surface area contributed by atoms with Gasteiger partial charge in [0.2, 0.25) is 0 Å². The Kier molecular flexibility index (Phi) is 24.4. The maximum Gasteiger partial charge on any atom is 0.0383 e. The molecule has 0 saturated carbocycles. The maximum absolute atomic E-state index is 8.89. The molecule has 0 aromatic rings.